The fourth-order valence-corrected chi connectivity index (χ4v) is 2.04. The fraction of sp³-hybridized carbons (Fsp3) is 0.250. The quantitative estimate of drug-likeness (QED) is 0.764. The molecule has 1 aliphatic rings. The lowest BCUT2D eigenvalue weighted by Crippen LogP contribution is -2.24. The molecule has 16 heavy (non-hydrogen) atoms. The Morgan fingerprint density at radius 1 is 1.56 bits per heavy atom. The number of anilines is 1. The molecule has 2 rings (SSSR count). The molecule has 0 aliphatic carbocycles. The van der Waals surface area contributed by atoms with Crippen LogP contribution in [0.4, 0.5) is 10.1 Å². The lowest BCUT2D eigenvalue weighted by molar-refractivity contribution is -0.117. The van der Waals surface area contributed by atoms with Gasteiger partial charge < -0.3 is 4.90 Å². The van der Waals surface area contributed by atoms with Gasteiger partial charge in [-0.15, -0.1) is 6.58 Å². The molecule has 0 radical (unpaired) electrons. The Morgan fingerprint density at radius 3 is 2.88 bits per heavy atom. The van der Waals surface area contributed by atoms with E-state index in [2.05, 4.69) is 22.5 Å². The number of carbonyl (C=O) groups is 1. The van der Waals surface area contributed by atoms with E-state index in [0.29, 0.717) is 23.1 Å². The van der Waals surface area contributed by atoms with E-state index in [1.165, 1.54) is 6.07 Å². The normalized spacial score (nSPS) is 20.2. The lowest BCUT2D eigenvalue weighted by atomic mass is 10.1. The average Bonchev–Trinajstić information content (AvgIpc) is 2.64. The number of hydrogen-bond acceptors (Lipinski definition) is 1. The maximum absolute atomic E-state index is 13.3. The third kappa shape index (κ3) is 2.02. The number of amides is 1. The van der Waals surface area contributed by atoms with Crippen molar-refractivity contribution in [2.75, 3.05) is 11.4 Å². The van der Waals surface area contributed by atoms with Gasteiger partial charge >= 0.3 is 0 Å². The van der Waals surface area contributed by atoms with E-state index >= 15 is 0 Å². The Hall–Kier alpha value is -1.16. The van der Waals surface area contributed by atoms with Gasteiger partial charge in [-0.3, -0.25) is 4.79 Å². The van der Waals surface area contributed by atoms with Crippen molar-refractivity contribution in [3.05, 3.63) is 41.1 Å². The zero-order valence-electron chi connectivity index (χ0n) is 8.62. The monoisotopic (exact) mass is 283 g/mol. The van der Waals surface area contributed by atoms with Crippen molar-refractivity contribution < 1.29 is 9.18 Å². The summed E-state index contributed by atoms with van der Waals surface area (Å²) >= 11 is 3.08. The van der Waals surface area contributed by atoms with Crippen LogP contribution >= 0.6 is 15.9 Å². The van der Waals surface area contributed by atoms with E-state index in [9.17, 15) is 9.18 Å². The summed E-state index contributed by atoms with van der Waals surface area (Å²) in [4.78, 5) is 13.3. The van der Waals surface area contributed by atoms with Crippen LogP contribution in [0.5, 0.6) is 0 Å². The van der Waals surface area contributed by atoms with Gasteiger partial charge in [0.05, 0.1) is 4.47 Å². The lowest BCUT2D eigenvalue weighted by Gasteiger charge is -2.16. The van der Waals surface area contributed by atoms with Crippen LogP contribution in [0.15, 0.2) is 35.3 Å². The van der Waals surface area contributed by atoms with Crippen LogP contribution in [0.3, 0.4) is 0 Å². The number of benzene rings is 1. The third-order valence-corrected chi connectivity index (χ3v) is 3.35. The van der Waals surface area contributed by atoms with Crippen molar-refractivity contribution in [2.24, 2.45) is 5.92 Å². The fourth-order valence-electron chi connectivity index (χ4n) is 1.80. The third-order valence-electron chi connectivity index (χ3n) is 2.70. The zero-order chi connectivity index (χ0) is 11.7. The standard InChI is InChI=1S/C12H11BrFNO/c1-2-8-5-12(16)15(7-8)9-3-4-10(13)11(14)6-9/h2-4,6,8H,1,5,7H2. The van der Waals surface area contributed by atoms with E-state index in [4.69, 9.17) is 0 Å². The Bertz CT molecular complexity index is 447. The van der Waals surface area contributed by atoms with Crippen molar-refractivity contribution in [1.82, 2.24) is 0 Å². The van der Waals surface area contributed by atoms with Gasteiger partial charge in [-0.05, 0) is 34.1 Å². The molecule has 1 aromatic rings. The molecular formula is C12H11BrFNO. The minimum absolute atomic E-state index is 0.0200. The van der Waals surface area contributed by atoms with Crippen LogP contribution < -0.4 is 4.90 Å². The van der Waals surface area contributed by atoms with Crippen molar-refractivity contribution in [3.63, 3.8) is 0 Å². The number of halogens is 2. The first-order valence-corrected chi connectivity index (χ1v) is 5.79. The van der Waals surface area contributed by atoms with Gasteiger partial charge in [-0.2, -0.15) is 0 Å². The highest BCUT2D eigenvalue weighted by atomic mass is 79.9. The summed E-state index contributed by atoms with van der Waals surface area (Å²) in [6, 6.07) is 4.71. The molecule has 1 saturated heterocycles. The van der Waals surface area contributed by atoms with Crippen LogP contribution in [0.2, 0.25) is 0 Å². The second-order valence-corrected chi connectivity index (χ2v) is 4.66. The van der Waals surface area contributed by atoms with Crippen molar-refractivity contribution in [1.29, 1.82) is 0 Å². The van der Waals surface area contributed by atoms with E-state index < -0.39 is 0 Å². The highest BCUT2D eigenvalue weighted by Crippen LogP contribution is 2.28. The summed E-state index contributed by atoms with van der Waals surface area (Å²) in [5.41, 5.74) is 0.607. The largest absolute Gasteiger partial charge is 0.312 e. The molecule has 1 atom stereocenters. The first kappa shape index (κ1) is 11.3. The second kappa shape index (κ2) is 4.37. The van der Waals surface area contributed by atoms with Gasteiger partial charge in [-0.1, -0.05) is 6.08 Å². The van der Waals surface area contributed by atoms with Crippen LogP contribution in [-0.4, -0.2) is 12.5 Å². The summed E-state index contributed by atoms with van der Waals surface area (Å²) in [6.45, 7) is 4.26. The Labute approximate surface area is 102 Å². The van der Waals surface area contributed by atoms with Gasteiger partial charge in [-0.25, -0.2) is 4.39 Å². The highest BCUT2D eigenvalue weighted by molar-refractivity contribution is 9.10. The van der Waals surface area contributed by atoms with E-state index in [1.807, 2.05) is 0 Å². The van der Waals surface area contributed by atoms with E-state index in [1.54, 1.807) is 23.1 Å². The van der Waals surface area contributed by atoms with Gasteiger partial charge in [0, 0.05) is 24.6 Å². The van der Waals surface area contributed by atoms with Gasteiger partial charge in [0.15, 0.2) is 0 Å². The molecular weight excluding hydrogens is 273 g/mol. The number of rotatable bonds is 2. The molecule has 1 unspecified atom stereocenters. The Balaban J connectivity index is 2.27. The van der Waals surface area contributed by atoms with Crippen LogP contribution in [0.1, 0.15) is 6.42 Å². The second-order valence-electron chi connectivity index (χ2n) is 3.80. The minimum atomic E-state index is -0.354. The molecule has 0 saturated carbocycles. The van der Waals surface area contributed by atoms with Crippen molar-refractivity contribution >= 4 is 27.5 Å². The van der Waals surface area contributed by atoms with Crippen LogP contribution in [0, 0.1) is 11.7 Å². The summed E-state index contributed by atoms with van der Waals surface area (Å²) in [6.07, 6.45) is 2.23. The molecule has 1 amide bonds. The molecule has 0 N–H and O–H groups in total. The molecule has 1 heterocycles. The first-order valence-electron chi connectivity index (χ1n) is 5.00. The molecule has 1 fully saturated rings. The number of hydrogen-bond donors (Lipinski definition) is 0. The maximum atomic E-state index is 13.3. The summed E-state index contributed by atoms with van der Waals surface area (Å²) in [5, 5.41) is 0. The van der Waals surface area contributed by atoms with Gasteiger partial charge in [0.1, 0.15) is 5.82 Å². The SMILES string of the molecule is C=CC1CC(=O)N(c2ccc(Br)c(F)c2)C1. The van der Waals surface area contributed by atoms with Crippen molar-refractivity contribution in [2.45, 2.75) is 6.42 Å². The number of nitrogens with zero attached hydrogens (tertiary/aromatic N) is 1. The first-order chi connectivity index (χ1) is 7.61. The zero-order valence-corrected chi connectivity index (χ0v) is 10.2. The molecule has 1 aromatic carbocycles. The molecule has 0 aromatic heterocycles. The molecule has 4 heteroatoms. The molecule has 0 bridgehead atoms. The predicted molar refractivity (Wildman–Crippen MR) is 64.8 cm³/mol. The average molecular weight is 284 g/mol. The van der Waals surface area contributed by atoms with E-state index in [-0.39, 0.29) is 17.6 Å². The highest BCUT2D eigenvalue weighted by Gasteiger charge is 2.28. The summed E-state index contributed by atoms with van der Waals surface area (Å²) in [5.74, 6) is -0.168. The van der Waals surface area contributed by atoms with Gasteiger partial charge in [0.25, 0.3) is 0 Å². The Kier molecular flexibility index (Phi) is 3.10. The summed E-state index contributed by atoms with van der Waals surface area (Å²) in [7, 11) is 0. The Morgan fingerprint density at radius 2 is 2.31 bits per heavy atom. The topological polar surface area (TPSA) is 20.3 Å². The molecule has 0 spiro atoms. The molecule has 1 aliphatic heterocycles. The minimum Gasteiger partial charge on any atom is -0.312 e. The number of carbonyl (C=O) groups excluding carboxylic acids is 1. The molecule has 2 nitrogen and oxygen atoms in total. The summed E-state index contributed by atoms with van der Waals surface area (Å²) < 4.78 is 13.7. The smallest absolute Gasteiger partial charge is 0.227 e. The van der Waals surface area contributed by atoms with Crippen LogP contribution in [-0.2, 0) is 4.79 Å². The van der Waals surface area contributed by atoms with Gasteiger partial charge in [0.2, 0.25) is 5.91 Å². The van der Waals surface area contributed by atoms with E-state index in [0.717, 1.165) is 0 Å². The maximum Gasteiger partial charge on any atom is 0.227 e. The van der Waals surface area contributed by atoms with Crippen molar-refractivity contribution in [3.8, 4) is 0 Å². The predicted octanol–water partition coefficient (Wildman–Crippen LogP) is 3.13. The molecule has 84 valence electrons. The van der Waals surface area contributed by atoms with Crippen LogP contribution in [0.25, 0.3) is 0 Å².